The fraction of sp³-hybridized carbons (Fsp3) is 0.862. The summed E-state index contributed by atoms with van der Waals surface area (Å²) in [4.78, 5) is 10.3. The molecule has 2 heteroatoms. The Kier molecular flexibility index (Phi) is 109. The van der Waals surface area contributed by atoms with Gasteiger partial charge in [-0.25, -0.2) is 0 Å². The molecule has 0 saturated carbocycles. The first-order valence-electron chi connectivity index (χ1n) is 44.6. The smallest absolute Gasteiger partial charge is 0.303 e. The van der Waals surface area contributed by atoms with Gasteiger partial charge >= 0.3 is 5.97 Å². The number of allylic oxidation sites excluding steroid dienone is 11. The van der Waals surface area contributed by atoms with Crippen LogP contribution in [0.5, 0.6) is 0 Å². The minimum Gasteiger partial charge on any atom is -0.481 e. The van der Waals surface area contributed by atoms with Gasteiger partial charge in [0.05, 0.1) is 0 Å². The molecule has 0 aromatic carbocycles. The Labute approximate surface area is 609 Å². The summed E-state index contributed by atoms with van der Waals surface area (Å²) in [6.07, 6.45) is 129. The minimum atomic E-state index is -0.664. The van der Waals surface area contributed by atoms with E-state index in [0.29, 0.717) is 6.42 Å². The van der Waals surface area contributed by atoms with Gasteiger partial charge in [0.2, 0.25) is 0 Å². The third kappa shape index (κ3) is 113. The highest BCUT2D eigenvalue weighted by molar-refractivity contribution is 5.66. The lowest BCUT2D eigenvalue weighted by molar-refractivity contribution is -0.137. The van der Waals surface area contributed by atoms with Crippen LogP contribution in [-0.4, -0.2) is 11.1 Å². The van der Waals surface area contributed by atoms with Crippen molar-refractivity contribution in [2.24, 2.45) is 0 Å². The van der Waals surface area contributed by atoms with Crippen LogP contribution >= 0.6 is 0 Å². The van der Waals surface area contributed by atoms with Crippen molar-refractivity contribution in [3.8, 4) is 0 Å². The van der Waals surface area contributed by atoms with Crippen molar-refractivity contribution in [2.75, 3.05) is 0 Å². The average Bonchev–Trinajstić information content (AvgIpc) is 3.61. The monoisotopic (exact) mass is 1340 g/mol. The van der Waals surface area contributed by atoms with E-state index in [1.807, 2.05) is 6.08 Å². The molecule has 0 saturated heterocycles. The normalized spacial score (nSPS) is 11.6. The van der Waals surface area contributed by atoms with E-state index in [4.69, 9.17) is 5.11 Å². The number of aliphatic carboxylic acids is 1. The van der Waals surface area contributed by atoms with Gasteiger partial charge in [-0.2, -0.15) is 0 Å². The van der Waals surface area contributed by atoms with Crippen LogP contribution in [0.1, 0.15) is 523 Å². The molecule has 0 aromatic rings. The van der Waals surface area contributed by atoms with E-state index in [9.17, 15) is 4.79 Å². The molecule has 0 fully saturated rings. The summed E-state index contributed by atoms with van der Waals surface area (Å²) in [6.45, 7) is 17.4. The topological polar surface area (TPSA) is 37.3 Å². The molecule has 0 spiro atoms. The predicted octanol–water partition coefficient (Wildman–Crippen LogP) is 35.4. The first-order valence-corrected chi connectivity index (χ1v) is 44.6. The second-order valence-corrected chi connectivity index (χ2v) is 29.6. The quantitative estimate of drug-likeness (QED) is 0.0487. The van der Waals surface area contributed by atoms with Crippen LogP contribution in [0.2, 0.25) is 0 Å². The molecule has 96 heavy (non-hydrogen) atoms. The first-order chi connectivity index (χ1) is 47.5. The Morgan fingerprint density at radius 3 is 0.427 bits per heavy atom. The molecule has 0 heterocycles. The Hall–Kier alpha value is -2.09. The molecule has 0 bridgehead atoms. The van der Waals surface area contributed by atoms with Crippen molar-refractivity contribution in [3.63, 3.8) is 0 Å². The van der Waals surface area contributed by atoms with Gasteiger partial charge in [0.1, 0.15) is 0 Å². The van der Waals surface area contributed by atoms with Gasteiger partial charge < -0.3 is 5.11 Å². The van der Waals surface area contributed by atoms with Gasteiger partial charge in [-0.3, -0.25) is 4.79 Å². The Balaban J connectivity index is -0.000000630. The van der Waals surface area contributed by atoms with Crippen LogP contribution in [0.3, 0.4) is 0 Å². The highest BCUT2D eigenvalue weighted by Crippen LogP contribution is 2.18. The highest BCUT2D eigenvalue weighted by atomic mass is 16.4. The standard InChI is InChI=1S/2C33H64.C18H34O2.C10H20/c2*1-3-5-7-9-11-13-15-17-19-21-23-25-27-29-31-33-32-30-28-26-24-22-20-18-16-14-12-10-8-6-4-2;1-2-3-4-5-6-7-8-9-10-11-12-13-14-15-16-17-18(19)20;1-3-5-7-9-10-8-6-4-2/h2*17-20H,3-16,21-33H2,1-2H3;9-10H,2-8,11-17H2,1H3,(H,19,20);3H,1,4-10H2,2H3/b2*19-17-,20-18-;10-9-;. The zero-order valence-corrected chi connectivity index (χ0v) is 67.4. The number of hydrogen-bond acceptors (Lipinski definition) is 1. The van der Waals surface area contributed by atoms with Gasteiger partial charge in [0, 0.05) is 6.42 Å². The summed E-state index contributed by atoms with van der Waals surface area (Å²) in [5.41, 5.74) is 0. The molecule has 0 aliphatic heterocycles. The van der Waals surface area contributed by atoms with E-state index in [0.717, 1.165) is 12.8 Å². The highest BCUT2D eigenvalue weighted by Gasteiger charge is 1.99. The van der Waals surface area contributed by atoms with Crippen LogP contribution in [0.4, 0.5) is 0 Å². The van der Waals surface area contributed by atoms with Crippen LogP contribution in [0, 0.1) is 0 Å². The molecule has 0 aliphatic carbocycles. The van der Waals surface area contributed by atoms with Crippen LogP contribution in [0.15, 0.2) is 73.4 Å². The maximum atomic E-state index is 10.3. The first kappa shape index (κ1) is 100. The maximum Gasteiger partial charge on any atom is 0.303 e. The molecular weight excluding hydrogens is 1160 g/mol. The third-order valence-electron chi connectivity index (χ3n) is 19.5. The Bertz CT molecular complexity index is 1320. The number of hydrogen-bond donors (Lipinski definition) is 1. The molecule has 570 valence electrons. The molecule has 0 unspecified atom stereocenters. The van der Waals surface area contributed by atoms with Gasteiger partial charge in [-0.1, -0.05) is 436 Å². The van der Waals surface area contributed by atoms with Crippen molar-refractivity contribution >= 4 is 5.97 Å². The van der Waals surface area contributed by atoms with Crippen molar-refractivity contribution in [2.45, 2.75) is 523 Å². The second kappa shape index (κ2) is 104. The summed E-state index contributed by atoms with van der Waals surface area (Å²) >= 11 is 0. The van der Waals surface area contributed by atoms with Gasteiger partial charge in [-0.15, -0.1) is 6.58 Å². The lowest BCUT2D eigenvalue weighted by Gasteiger charge is -2.02. The SMILES string of the molecule is C=CCCCCCCCC.CCCCCCCC/C=C\CCCCCCCC(=O)O.CCCCCCCC/C=C\CCCCCCCCCCCCC/C=C\CCCCCCCC.CCCCCCCC/C=C\CCCCCCCCCCCCC/C=C\CCCCCCCC. The summed E-state index contributed by atoms with van der Waals surface area (Å²) in [5, 5.41) is 8.51. The average molecular weight is 1340 g/mol. The van der Waals surface area contributed by atoms with Crippen molar-refractivity contribution in [3.05, 3.63) is 73.4 Å². The summed E-state index contributed by atoms with van der Waals surface area (Å²) < 4.78 is 0. The predicted molar refractivity (Wildman–Crippen MR) is 444 cm³/mol. The van der Waals surface area contributed by atoms with Crippen molar-refractivity contribution in [1.82, 2.24) is 0 Å². The number of unbranched alkanes of at least 4 members (excludes halogenated alkanes) is 65. The van der Waals surface area contributed by atoms with Gasteiger partial charge in [-0.05, 0) is 148 Å². The zero-order valence-electron chi connectivity index (χ0n) is 67.4. The zero-order chi connectivity index (χ0) is 70.4. The minimum absolute atomic E-state index is 0.332. The van der Waals surface area contributed by atoms with Gasteiger partial charge in [0.15, 0.2) is 0 Å². The molecular formula is C94H182O2. The maximum absolute atomic E-state index is 10.3. The molecule has 0 rings (SSSR count). The van der Waals surface area contributed by atoms with Gasteiger partial charge in [0.25, 0.3) is 0 Å². The lowest BCUT2D eigenvalue weighted by Crippen LogP contribution is -1.93. The molecule has 1 N–H and O–H groups in total. The van der Waals surface area contributed by atoms with E-state index in [2.05, 4.69) is 109 Å². The van der Waals surface area contributed by atoms with Crippen molar-refractivity contribution < 1.29 is 9.90 Å². The molecule has 0 radical (unpaired) electrons. The molecule has 0 amide bonds. The molecule has 0 aromatic heterocycles. The van der Waals surface area contributed by atoms with E-state index in [1.54, 1.807) is 0 Å². The fourth-order valence-corrected chi connectivity index (χ4v) is 12.8. The van der Waals surface area contributed by atoms with Crippen LogP contribution < -0.4 is 0 Å². The molecule has 0 atom stereocenters. The van der Waals surface area contributed by atoms with E-state index < -0.39 is 5.97 Å². The third-order valence-corrected chi connectivity index (χ3v) is 19.5. The Morgan fingerprint density at radius 2 is 0.302 bits per heavy atom. The van der Waals surface area contributed by atoms with E-state index >= 15 is 0 Å². The fourth-order valence-electron chi connectivity index (χ4n) is 12.8. The summed E-state index contributed by atoms with van der Waals surface area (Å²) in [6, 6.07) is 0. The summed E-state index contributed by atoms with van der Waals surface area (Å²) in [5.74, 6) is -0.664. The Morgan fingerprint density at radius 1 is 0.188 bits per heavy atom. The van der Waals surface area contributed by atoms with E-state index in [1.165, 1.54) is 462 Å². The number of rotatable bonds is 78. The second-order valence-electron chi connectivity index (χ2n) is 29.6. The number of carboxylic acid groups (broad SMARTS) is 1. The van der Waals surface area contributed by atoms with Crippen LogP contribution in [-0.2, 0) is 4.79 Å². The van der Waals surface area contributed by atoms with Crippen molar-refractivity contribution in [1.29, 1.82) is 0 Å². The van der Waals surface area contributed by atoms with E-state index in [-0.39, 0.29) is 0 Å². The molecule has 0 aliphatic rings. The largest absolute Gasteiger partial charge is 0.481 e. The van der Waals surface area contributed by atoms with Crippen LogP contribution in [0.25, 0.3) is 0 Å². The summed E-state index contributed by atoms with van der Waals surface area (Å²) in [7, 11) is 0. The molecule has 2 nitrogen and oxygen atoms in total. The lowest BCUT2D eigenvalue weighted by atomic mass is 10.0. The number of carboxylic acids is 1. The number of carbonyl (C=O) groups is 1.